The molecule has 1 aliphatic heterocycles. The van der Waals surface area contributed by atoms with E-state index in [1.165, 1.54) is 42.9 Å². The number of benzene rings is 3. The molecule has 0 saturated heterocycles. The second kappa shape index (κ2) is 12.4. The van der Waals surface area contributed by atoms with Crippen LogP contribution < -0.4 is 10.0 Å². The Morgan fingerprint density at radius 1 is 0.930 bits per heavy atom. The van der Waals surface area contributed by atoms with Crippen molar-refractivity contribution in [2.75, 3.05) is 17.8 Å². The number of alkyl halides is 6. The van der Waals surface area contributed by atoms with E-state index in [-0.39, 0.29) is 10.7 Å². The van der Waals surface area contributed by atoms with E-state index in [2.05, 4.69) is 20.0 Å². The number of aliphatic carboxylic acids is 1. The van der Waals surface area contributed by atoms with Gasteiger partial charge in [-0.15, -0.1) is 0 Å². The summed E-state index contributed by atoms with van der Waals surface area (Å²) in [6, 6.07) is 15.3. The van der Waals surface area contributed by atoms with Crippen molar-refractivity contribution in [1.82, 2.24) is 15.3 Å². The number of sulfonamides is 1. The number of halogens is 6. The van der Waals surface area contributed by atoms with Crippen molar-refractivity contribution in [1.29, 1.82) is 0 Å². The molecule has 4 aromatic rings. The maximum Gasteiger partial charge on any atom is 0.490 e. The molecule has 0 amide bonds. The molecule has 3 N–H and O–H groups in total. The van der Waals surface area contributed by atoms with E-state index in [1.54, 1.807) is 18.2 Å². The van der Waals surface area contributed by atoms with E-state index in [9.17, 15) is 34.8 Å². The van der Waals surface area contributed by atoms with Gasteiger partial charge in [0.2, 0.25) is 0 Å². The van der Waals surface area contributed by atoms with Gasteiger partial charge in [-0.1, -0.05) is 36.4 Å². The number of rotatable bonds is 5. The standard InChI is InChI=1S/C26H21F3N4O2S.C2HF3O2/c27-26(28,29)19-4-6-23(24(15-19)17-8-11-30-12-9-17)22-3-1-2-18-14-20(5-7-21(18)22)36(34,35)33-25-10-13-31-16-32-25;3-2(4,5)1(6)7/h1-8,10,13-16,30H,9,11-12H2,(H,31,32,33);(H,6,7). The molecule has 0 aliphatic carbocycles. The number of nitrogens with zero attached hydrogens (tertiary/aromatic N) is 2. The molecule has 2 heterocycles. The van der Waals surface area contributed by atoms with Crippen LogP contribution in [0.4, 0.5) is 32.2 Å². The summed E-state index contributed by atoms with van der Waals surface area (Å²) in [7, 11) is -3.91. The van der Waals surface area contributed by atoms with Crippen molar-refractivity contribution in [3.8, 4) is 11.1 Å². The van der Waals surface area contributed by atoms with Gasteiger partial charge < -0.3 is 10.4 Å². The number of anilines is 1. The molecule has 0 saturated carbocycles. The predicted octanol–water partition coefficient (Wildman–Crippen LogP) is 6.13. The topological polar surface area (TPSA) is 121 Å². The molecule has 15 heteroatoms. The molecular weight excluding hydrogens is 602 g/mol. The number of carboxylic acids is 1. The van der Waals surface area contributed by atoms with E-state index in [0.717, 1.165) is 22.6 Å². The van der Waals surface area contributed by atoms with E-state index < -0.39 is 33.9 Å². The molecule has 5 rings (SSSR count). The number of fused-ring (bicyclic) bond motifs is 1. The predicted molar refractivity (Wildman–Crippen MR) is 146 cm³/mol. The van der Waals surface area contributed by atoms with Crippen molar-refractivity contribution in [2.24, 2.45) is 0 Å². The lowest BCUT2D eigenvalue weighted by Gasteiger charge is -2.20. The first kappa shape index (κ1) is 31.4. The van der Waals surface area contributed by atoms with Crippen LogP contribution in [-0.4, -0.2) is 48.7 Å². The summed E-state index contributed by atoms with van der Waals surface area (Å²) >= 11 is 0. The Morgan fingerprint density at radius 2 is 1.67 bits per heavy atom. The van der Waals surface area contributed by atoms with E-state index in [4.69, 9.17) is 9.90 Å². The van der Waals surface area contributed by atoms with Crippen molar-refractivity contribution < 1.29 is 44.7 Å². The number of aromatic nitrogens is 2. The van der Waals surface area contributed by atoms with Gasteiger partial charge in [0.05, 0.1) is 10.5 Å². The third-order valence-corrected chi connectivity index (χ3v) is 7.62. The van der Waals surface area contributed by atoms with E-state index in [0.29, 0.717) is 36.0 Å². The van der Waals surface area contributed by atoms with Crippen molar-refractivity contribution in [2.45, 2.75) is 23.7 Å². The molecule has 1 aromatic heterocycles. The highest BCUT2D eigenvalue weighted by Crippen LogP contribution is 2.40. The van der Waals surface area contributed by atoms with Crippen LogP contribution in [0.1, 0.15) is 17.5 Å². The fourth-order valence-electron chi connectivity index (χ4n) is 4.30. The van der Waals surface area contributed by atoms with Crippen LogP contribution in [0.15, 0.2) is 84.2 Å². The van der Waals surface area contributed by atoms with Crippen molar-refractivity contribution >= 4 is 38.2 Å². The van der Waals surface area contributed by atoms with Gasteiger partial charge in [-0.25, -0.2) is 23.2 Å². The summed E-state index contributed by atoms with van der Waals surface area (Å²) in [5.41, 5.74) is 2.06. The van der Waals surface area contributed by atoms with Gasteiger partial charge in [0.1, 0.15) is 12.1 Å². The highest BCUT2D eigenvalue weighted by atomic mass is 32.2. The average molecular weight is 625 g/mol. The average Bonchev–Trinajstić information content (AvgIpc) is 2.96. The number of carbonyl (C=O) groups is 1. The van der Waals surface area contributed by atoms with Crippen LogP contribution in [0.2, 0.25) is 0 Å². The molecule has 0 radical (unpaired) electrons. The number of hydrogen-bond acceptors (Lipinski definition) is 6. The second-order valence-electron chi connectivity index (χ2n) is 9.13. The van der Waals surface area contributed by atoms with Gasteiger partial charge in [-0.2, -0.15) is 26.3 Å². The Balaban J connectivity index is 0.000000541. The normalized spacial score (nSPS) is 14.0. The smallest absolute Gasteiger partial charge is 0.475 e. The lowest BCUT2D eigenvalue weighted by Crippen LogP contribution is -2.21. The van der Waals surface area contributed by atoms with Gasteiger partial charge >= 0.3 is 18.3 Å². The Hall–Kier alpha value is -4.50. The summed E-state index contributed by atoms with van der Waals surface area (Å²) in [4.78, 5) is 16.6. The van der Waals surface area contributed by atoms with Crippen molar-refractivity contribution in [3.05, 3.63) is 90.4 Å². The minimum absolute atomic E-state index is 0.0412. The Morgan fingerprint density at radius 3 is 2.28 bits per heavy atom. The fourth-order valence-corrected chi connectivity index (χ4v) is 5.34. The van der Waals surface area contributed by atoms with Gasteiger partial charge in [0.25, 0.3) is 10.0 Å². The van der Waals surface area contributed by atoms with Crippen molar-refractivity contribution in [3.63, 3.8) is 0 Å². The first-order valence-corrected chi connectivity index (χ1v) is 13.9. The molecular formula is C28H22F6N4O4S. The molecule has 1 aliphatic rings. The summed E-state index contributed by atoms with van der Waals surface area (Å²) in [6.07, 6.45) is -4.35. The summed E-state index contributed by atoms with van der Waals surface area (Å²) < 4.78 is 101. The maximum atomic E-state index is 13.5. The highest BCUT2D eigenvalue weighted by molar-refractivity contribution is 7.92. The third kappa shape index (κ3) is 7.67. The zero-order valence-corrected chi connectivity index (χ0v) is 22.7. The number of carboxylic acid groups (broad SMARTS) is 1. The number of nitrogens with one attached hydrogen (secondary N) is 2. The molecule has 3 aromatic carbocycles. The van der Waals surface area contributed by atoms with Gasteiger partial charge in [0.15, 0.2) is 0 Å². The van der Waals surface area contributed by atoms with Gasteiger partial charge in [-0.3, -0.25) is 4.72 Å². The molecule has 226 valence electrons. The van der Waals surface area contributed by atoms with Crippen LogP contribution >= 0.6 is 0 Å². The fraction of sp³-hybridized carbons (Fsp3) is 0.179. The SMILES string of the molecule is O=C(O)C(F)(F)F.O=S(=O)(Nc1ccncn1)c1ccc2c(-c3ccc(C(F)(F)F)cc3C3=CCNCC3)cccc2c1. The van der Waals surface area contributed by atoms with Crippen LogP contribution in [0.25, 0.3) is 27.5 Å². The van der Waals surface area contributed by atoms with Crippen LogP contribution in [0.5, 0.6) is 0 Å². The number of hydrogen-bond donors (Lipinski definition) is 3. The summed E-state index contributed by atoms with van der Waals surface area (Å²) in [5.74, 6) is -2.61. The Kier molecular flexibility index (Phi) is 9.06. The summed E-state index contributed by atoms with van der Waals surface area (Å²) in [6.45, 7) is 1.26. The molecule has 43 heavy (non-hydrogen) atoms. The van der Waals surface area contributed by atoms with Crippen LogP contribution in [0.3, 0.4) is 0 Å². The first-order valence-electron chi connectivity index (χ1n) is 12.4. The molecule has 0 atom stereocenters. The van der Waals surface area contributed by atoms with E-state index >= 15 is 0 Å². The molecule has 0 spiro atoms. The third-order valence-electron chi connectivity index (χ3n) is 6.27. The molecule has 0 bridgehead atoms. The van der Waals surface area contributed by atoms with E-state index in [1.807, 2.05) is 12.1 Å². The monoisotopic (exact) mass is 624 g/mol. The lowest BCUT2D eigenvalue weighted by molar-refractivity contribution is -0.192. The quantitative estimate of drug-likeness (QED) is 0.229. The van der Waals surface area contributed by atoms with Crippen LogP contribution in [0, 0.1) is 0 Å². The zero-order valence-electron chi connectivity index (χ0n) is 21.9. The minimum Gasteiger partial charge on any atom is -0.475 e. The molecule has 8 nitrogen and oxygen atoms in total. The second-order valence-corrected chi connectivity index (χ2v) is 10.8. The maximum absolute atomic E-state index is 13.5. The Bertz CT molecular complexity index is 1780. The van der Waals surface area contributed by atoms with Gasteiger partial charge in [0, 0.05) is 12.7 Å². The molecule has 0 fully saturated rings. The first-order chi connectivity index (χ1) is 20.2. The Labute approximate surface area is 241 Å². The largest absolute Gasteiger partial charge is 0.490 e. The zero-order chi connectivity index (χ0) is 31.4. The summed E-state index contributed by atoms with van der Waals surface area (Å²) in [5, 5.41) is 11.7. The highest BCUT2D eigenvalue weighted by Gasteiger charge is 2.38. The van der Waals surface area contributed by atoms with Gasteiger partial charge in [-0.05, 0) is 76.3 Å². The van der Waals surface area contributed by atoms with Crippen LogP contribution in [-0.2, 0) is 21.0 Å². The lowest BCUT2D eigenvalue weighted by atomic mass is 9.88. The molecule has 0 unspecified atom stereocenters. The minimum atomic E-state index is -5.08.